The van der Waals surface area contributed by atoms with Gasteiger partial charge in [-0.3, -0.25) is 9.88 Å². The van der Waals surface area contributed by atoms with E-state index >= 15 is 0 Å². The SMILES string of the molecule is CN(Cc1ccc(Cl)cn1)C1CC1. The zero-order valence-corrected chi connectivity index (χ0v) is 8.46. The van der Waals surface area contributed by atoms with Crippen molar-refractivity contribution in [3.63, 3.8) is 0 Å². The van der Waals surface area contributed by atoms with Crippen LogP contribution in [0.3, 0.4) is 0 Å². The van der Waals surface area contributed by atoms with Gasteiger partial charge in [0.2, 0.25) is 0 Å². The lowest BCUT2D eigenvalue weighted by Crippen LogP contribution is -2.20. The third-order valence-electron chi connectivity index (χ3n) is 2.37. The maximum Gasteiger partial charge on any atom is 0.0589 e. The molecule has 70 valence electrons. The summed E-state index contributed by atoms with van der Waals surface area (Å²) < 4.78 is 0. The number of halogens is 1. The fourth-order valence-corrected chi connectivity index (χ4v) is 1.51. The minimum absolute atomic E-state index is 0.706. The van der Waals surface area contributed by atoms with Gasteiger partial charge < -0.3 is 0 Å². The lowest BCUT2D eigenvalue weighted by atomic mass is 10.3. The summed E-state index contributed by atoms with van der Waals surface area (Å²) >= 11 is 5.75. The Hall–Kier alpha value is -0.600. The van der Waals surface area contributed by atoms with Gasteiger partial charge in [-0.1, -0.05) is 11.6 Å². The van der Waals surface area contributed by atoms with Gasteiger partial charge >= 0.3 is 0 Å². The first-order chi connectivity index (χ1) is 6.25. The zero-order valence-electron chi connectivity index (χ0n) is 7.70. The Morgan fingerprint density at radius 1 is 1.54 bits per heavy atom. The summed E-state index contributed by atoms with van der Waals surface area (Å²) in [5, 5.41) is 0.706. The Morgan fingerprint density at radius 2 is 2.31 bits per heavy atom. The van der Waals surface area contributed by atoms with Crippen molar-refractivity contribution < 1.29 is 0 Å². The average molecular weight is 197 g/mol. The van der Waals surface area contributed by atoms with Crippen molar-refractivity contribution in [3.05, 3.63) is 29.0 Å². The third kappa shape index (κ3) is 2.42. The number of aromatic nitrogens is 1. The van der Waals surface area contributed by atoms with E-state index in [0.717, 1.165) is 18.3 Å². The molecular formula is C10H13ClN2. The second kappa shape index (κ2) is 3.64. The molecule has 13 heavy (non-hydrogen) atoms. The van der Waals surface area contributed by atoms with Gasteiger partial charge in [-0.05, 0) is 32.0 Å². The molecule has 0 spiro atoms. The highest BCUT2D eigenvalue weighted by Gasteiger charge is 2.25. The molecule has 1 aliphatic rings. The predicted molar refractivity (Wildman–Crippen MR) is 53.7 cm³/mol. The molecule has 0 radical (unpaired) electrons. The van der Waals surface area contributed by atoms with Crippen LogP contribution in [0.5, 0.6) is 0 Å². The number of hydrogen-bond donors (Lipinski definition) is 0. The maximum absolute atomic E-state index is 5.75. The van der Waals surface area contributed by atoms with Crippen LogP contribution in [0.4, 0.5) is 0 Å². The van der Waals surface area contributed by atoms with Crippen molar-refractivity contribution >= 4 is 11.6 Å². The van der Waals surface area contributed by atoms with E-state index in [2.05, 4.69) is 16.9 Å². The van der Waals surface area contributed by atoms with E-state index in [-0.39, 0.29) is 0 Å². The molecule has 0 N–H and O–H groups in total. The van der Waals surface area contributed by atoms with Crippen molar-refractivity contribution in [2.75, 3.05) is 7.05 Å². The second-order valence-electron chi connectivity index (χ2n) is 3.61. The van der Waals surface area contributed by atoms with Crippen LogP contribution in [0.25, 0.3) is 0 Å². The molecule has 1 fully saturated rings. The minimum Gasteiger partial charge on any atom is -0.298 e. The van der Waals surface area contributed by atoms with E-state index in [0.29, 0.717) is 5.02 Å². The molecule has 1 saturated carbocycles. The van der Waals surface area contributed by atoms with Gasteiger partial charge in [0, 0.05) is 18.8 Å². The Morgan fingerprint density at radius 3 is 2.85 bits per heavy atom. The summed E-state index contributed by atoms with van der Waals surface area (Å²) in [6.45, 7) is 0.932. The number of rotatable bonds is 3. The van der Waals surface area contributed by atoms with Gasteiger partial charge in [0.25, 0.3) is 0 Å². The van der Waals surface area contributed by atoms with Gasteiger partial charge in [-0.15, -0.1) is 0 Å². The van der Waals surface area contributed by atoms with E-state index in [4.69, 9.17) is 11.6 Å². The molecule has 0 aliphatic heterocycles. The lowest BCUT2D eigenvalue weighted by molar-refractivity contribution is 0.312. The van der Waals surface area contributed by atoms with Crippen molar-refractivity contribution in [1.82, 2.24) is 9.88 Å². The maximum atomic E-state index is 5.75. The molecule has 2 rings (SSSR count). The van der Waals surface area contributed by atoms with Crippen LogP contribution in [0.15, 0.2) is 18.3 Å². The first-order valence-corrected chi connectivity index (χ1v) is 4.94. The molecule has 0 aromatic carbocycles. The zero-order chi connectivity index (χ0) is 9.26. The van der Waals surface area contributed by atoms with Crippen LogP contribution in [-0.2, 0) is 6.54 Å². The first-order valence-electron chi connectivity index (χ1n) is 4.56. The first kappa shape index (κ1) is 8.97. The molecule has 1 aromatic rings. The quantitative estimate of drug-likeness (QED) is 0.738. The van der Waals surface area contributed by atoms with Gasteiger partial charge in [0.1, 0.15) is 0 Å². The predicted octanol–water partition coefficient (Wildman–Crippen LogP) is 2.33. The summed E-state index contributed by atoms with van der Waals surface area (Å²) in [7, 11) is 2.15. The molecule has 3 heteroatoms. The fraction of sp³-hybridized carbons (Fsp3) is 0.500. The smallest absolute Gasteiger partial charge is 0.0589 e. The molecule has 0 saturated heterocycles. The Labute approximate surface area is 83.5 Å². The second-order valence-corrected chi connectivity index (χ2v) is 4.05. The third-order valence-corrected chi connectivity index (χ3v) is 2.59. The van der Waals surface area contributed by atoms with Crippen LogP contribution in [0, 0.1) is 0 Å². The lowest BCUT2D eigenvalue weighted by Gasteiger charge is -2.14. The van der Waals surface area contributed by atoms with E-state index in [1.165, 1.54) is 12.8 Å². The Kier molecular flexibility index (Phi) is 2.51. The fourth-order valence-electron chi connectivity index (χ4n) is 1.40. The molecule has 0 atom stereocenters. The van der Waals surface area contributed by atoms with Gasteiger partial charge in [-0.2, -0.15) is 0 Å². The molecule has 2 nitrogen and oxygen atoms in total. The number of hydrogen-bond acceptors (Lipinski definition) is 2. The molecule has 1 aromatic heterocycles. The van der Waals surface area contributed by atoms with Crippen molar-refractivity contribution in [1.29, 1.82) is 0 Å². The van der Waals surface area contributed by atoms with Crippen molar-refractivity contribution in [3.8, 4) is 0 Å². The van der Waals surface area contributed by atoms with E-state index in [9.17, 15) is 0 Å². The summed E-state index contributed by atoms with van der Waals surface area (Å²) in [5.74, 6) is 0. The van der Waals surface area contributed by atoms with Crippen LogP contribution in [0.1, 0.15) is 18.5 Å². The Balaban J connectivity index is 1.96. The molecule has 1 heterocycles. The highest BCUT2D eigenvalue weighted by molar-refractivity contribution is 6.30. The molecule has 0 unspecified atom stereocenters. The summed E-state index contributed by atoms with van der Waals surface area (Å²) in [6, 6.07) is 4.67. The highest BCUT2D eigenvalue weighted by Crippen LogP contribution is 2.26. The van der Waals surface area contributed by atoms with Crippen LogP contribution in [-0.4, -0.2) is 23.0 Å². The molecular weight excluding hydrogens is 184 g/mol. The van der Waals surface area contributed by atoms with Crippen molar-refractivity contribution in [2.24, 2.45) is 0 Å². The van der Waals surface area contributed by atoms with Gasteiger partial charge in [0.15, 0.2) is 0 Å². The summed E-state index contributed by atoms with van der Waals surface area (Å²) in [4.78, 5) is 6.60. The monoisotopic (exact) mass is 196 g/mol. The molecule has 0 bridgehead atoms. The highest BCUT2D eigenvalue weighted by atomic mass is 35.5. The summed E-state index contributed by atoms with van der Waals surface area (Å²) in [6.07, 6.45) is 4.38. The van der Waals surface area contributed by atoms with Crippen molar-refractivity contribution in [2.45, 2.75) is 25.4 Å². The number of pyridine rings is 1. The Bertz CT molecular complexity index is 279. The van der Waals surface area contributed by atoms with Gasteiger partial charge in [0.05, 0.1) is 10.7 Å². The number of nitrogens with zero attached hydrogens (tertiary/aromatic N) is 2. The molecule has 0 amide bonds. The van der Waals surface area contributed by atoms with E-state index < -0.39 is 0 Å². The van der Waals surface area contributed by atoms with Crippen LogP contribution < -0.4 is 0 Å². The van der Waals surface area contributed by atoms with Crippen LogP contribution in [0.2, 0.25) is 5.02 Å². The van der Waals surface area contributed by atoms with Gasteiger partial charge in [-0.25, -0.2) is 0 Å². The van der Waals surface area contributed by atoms with E-state index in [1.807, 2.05) is 12.1 Å². The summed E-state index contributed by atoms with van der Waals surface area (Å²) in [5.41, 5.74) is 1.10. The minimum atomic E-state index is 0.706. The molecule has 1 aliphatic carbocycles. The van der Waals surface area contributed by atoms with E-state index in [1.54, 1.807) is 6.20 Å². The normalized spacial score (nSPS) is 16.5. The largest absolute Gasteiger partial charge is 0.298 e. The topological polar surface area (TPSA) is 16.1 Å². The van der Waals surface area contributed by atoms with Crippen LogP contribution >= 0.6 is 11.6 Å². The average Bonchev–Trinajstić information content (AvgIpc) is 2.91. The standard InChI is InChI=1S/C10H13ClN2/c1-13(10-4-5-10)7-9-3-2-8(11)6-12-9/h2-3,6,10H,4-5,7H2,1H3.